The molecule has 0 saturated heterocycles. The van der Waals surface area contributed by atoms with Gasteiger partial charge in [-0.3, -0.25) is 0 Å². The number of alkyl halides is 2. The number of halogens is 6. The van der Waals surface area contributed by atoms with Crippen molar-refractivity contribution in [3.05, 3.63) is 34.7 Å². The van der Waals surface area contributed by atoms with Crippen LogP contribution in [-0.2, 0) is 5.92 Å². The molecule has 0 heterocycles. The third kappa shape index (κ3) is 2.86. The summed E-state index contributed by atoms with van der Waals surface area (Å²) >= 11 is 0. The minimum atomic E-state index is -3.99. The van der Waals surface area contributed by atoms with Gasteiger partial charge >= 0.3 is 0 Å². The zero-order chi connectivity index (χ0) is 20.2. The van der Waals surface area contributed by atoms with Gasteiger partial charge in [0.2, 0.25) is 5.82 Å². The molecule has 0 aliphatic heterocycles. The maximum Gasteiger partial charge on any atom is 0.299 e. The van der Waals surface area contributed by atoms with Gasteiger partial charge in [-0.1, -0.05) is 41.5 Å². The fraction of sp³-hybridized carbons (Fsp3) is 0.556. The van der Waals surface area contributed by atoms with Crippen LogP contribution in [0.4, 0.5) is 26.3 Å². The Bertz CT molecular complexity index is 733. The Morgan fingerprint density at radius 2 is 1.27 bits per heavy atom. The molecule has 1 aromatic carbocycles. The van der Waals surface area contributed by atoms with Crippen LogP contribution in [0.3, 0.4) is 0 Å². The molecule has 146 valence electrons. The highest BCUT2D eigenvalue weighted by Crippen LogP contribution is 2.53. The molecule has 26 heavy (non-hydrogen) atoms. The van der Waals surface area contributed by atoms with E-state index in [1.54, 1.807) is 0 Å². The summed E-state index contributed by atoms with van der Waals surface area (Å²) in [5.41, 5.74) is -2.95. The van der Waals surface area contributed by atoms with E-state index in [0.29, 0.717) is 0 Å². The zero-order valence-electron chi connectivity index (χ0n) is 15.5. The van der Waals surface area contributed by atoms with E-state index in [0.717, 1.165) is 0 Å². The van der Waals surface area contributed by atoms with E-state index < -0.39 is 54.4 Å². The molecular weight excluding hydrogens is 374 g/mol. The predicted molar refractivity (Wildman–Crippen MR) is 91.0 cm³/mol. The van der Waals surface area contributed by atoms with Crippen molar-refractivity contribution >= 4 is 14.1 Å². The predicted octanol–water partition coefficient (Wildman–Crippen LogP) is 7.07. The maximum atomic E-state index is 14.5. The first-order chi connectivity index (χ1) is 11.8. The lowest BCUT2D eigenvalue weighted by Gasteiger charge is -2.42. The van der Waals surface area contributed by atoms with Gasteiger partial charge in [0, 0.05) is 6.08 Å². The Hall–Kier alpha value is -1.44. The summed E-state index contributed by atoms with van der Waals surface area (Å²) in [6.07, 6.45) is -0.143. The van der Waals surface area contributed by atoms with Crippen molar-refractivity contribution in [2.75, 3.05) is 0 Å². The van der Waals surface area contributed by atoms with Gasteiger partial charge in [-0.05, 0) is 16.6 Å². The first kappa shape index (κ1) is 20.9. The van der Waals surface area contributed by atoms with Gasteiger partial charge < -0.3 is 4.43 Å². The van der Waals surface area contributed by atoms with Gasteiger partial charge in [0.25, 0.3) is 14.2 Å². The summed E-state index contributed by atoms with van der Waals surface area (Å²) in [6, 6.07) is 0. The number of benzene rings is 1. The molecule has 0 bridgehead atoms. The first-order valence-corrected chi connectivity index (χ1v) is 10.6. The van der Waals surface area contributed by atoms with Gasteiger partial charge in [-0.2, -0.15) is 13.2 Å². The van der Waals surface area contributed by atoms with Crippen molar-refractivity contribution in [3.63, 3.8) is 0 Å². The van der Waals surface area contributed by atoms with E-state index in [-0.39, 0.29) is 22.7 Å². The van der Waals surface area contributed by atoms with E-state index >= 15 is 0 Å². The molecule has 8 heteroatoms. The minimum absolute atomic E-state index is 0.140. The topological polar surface area (TPSA) is 9.23 Å². The molecule has 1 aliphatic rings. The monoisotopic (exact) mass is 396 g/mol. The summed E-state index contributed by atoms with van der Waals surface area (Å²) in [7, 11) is -2.98. The molecule has 0 fully saturated rings. The van der Waals surface area contributed by atoms with E-state index in [2.05, 4.69) is 0 Å². The lowest BCUT2D eigenvalue weighted by Crippen LogP contribution is -2.51. The average Bonchev–Trinajstić information content (AvgIpc) is 2.73. The van der Waals surface area contributed by atoms with Crippen molar-refractivity contribution in [1.29, 1.82) is 0 Å². The van der Waals surface area contributed by atoms with Crippen molar-refractivity contribution < 1.29 is 30.8 Å². The number of hydrogen-bond acceptors (Lipinski definition) is 1. The normalized spacial score (nSPS) is 16.5. The molecule has 1 aliphatic carbocycles. The zero-order valence-corrected chi connectivity index (χ0v) is 16.5. The van der Waals surface area contributed by atoms with Crippen LogP contribution in [0.1, 0.15) is 52.7 Å². The molecular formula is C18H22F6OSi. The highest BCUT2D eigenvalue weighted by molar-refractivity contribution is 6.78. The molecule has 0 radical (unpaired) electrons. The Kier molecular flexibility index (Phi) is 5.31. The van der Waals surface area contributed by atoms with Crippen molar-refractivity contribution in [2.24, 2.45) is 0 Å². The molecule has 1 nitrogen and oxygen atoms in total. The fourth-order valence-electron chi connectivity index (χ4n) is 4.11. The molecule has 0 atom stereocenters. The Morgan fingerprint density at radius 1 is 0.808 bits per heavy atom. The van der Waals surface area contributed by atoms with Crippen LogP contribution in [0.5, 0.6) is 5.75 Å². The number of hydrogen-bond donors (Lipinski definition) is 0. The first-order valence-electron chi connectivity index (χ1n) is 8.45. The Morgan fingerprint density at radius 3 is 1.69 bits per heavy atom. The van der Waals surface area contributed by atoms with Crippen molar-refractivity contribution in [2.45, 2.75) is 64.1 Å². The molecule has 2 rings (SSSR count). The van der Waals surface area contributed by atoms with Crippen LogP contribution in [0.15, 0.2) is 6.08 Å². The van der Waals surface area contributed by atoms with Crippen molar-refractivity contribution in [1.82, 2.24) is 0 Å². The lowest BCUT2D eigenvalue weighted by molar-refractivity contribution is 0.0525. The molecule has 0 spiro atoms. The third-order valence-corrected chi connectivity index (χ3v) is 11.1. The molecule has 0 saturated carbocycles. The number of rotatable bonds is 5. The fourth-order valence-corrected chi connectivity index (χ4v) is 9.36. The molecule has 0 N–H and O–H groups in total. The van der Waals surface area contributed by atoms with Crippen LogP contribution in [0.2, 0.25) is 16.6 Å². The third-order valence-electron chi connectivity index (χ3n) is 5.15. The van der Waals surface area contributed by atoms with Gasteiger partial charge in [-0.25, -0.2) is 13.2 Å². The second-order valence-electron chi connectivity index (χ2n) is 7.56. The van der Waals surface area contributed by atoms with Gasteiger partial charge in [0.1, 0.15) is 5.83 Å². The van der Waals surface area contributed by atoms with Gasteiger partial charge in [0.05, 0.1) is 11.1 Å². The second-order valence-corrected chi connectivity index (χ2v) is 12.9. The summed E-state index contributed by atoms with van der Waals surface area (Å²) in [6.45, 7) is 10.9. The van der Waals surface area contributed by atoms with Crippen LogP contribution in [0.25, 0.3) is 5.83 Å². The Balaban J connectivity index is 2.82. The maximum absolute atomic E-state index is 14.5. The highest BCUT2D eigenvalue weighted by Gasteiger charge is 2.52. The molecule has 1 aromatic rings. The molecule has 0 unspecified atom stereocenters. The van der Waals surface area contributed by atoms with Gasteiger partial charge in [0.15, 0.2) is 17.4 Å². The summed E-state index contributed by atoms with van der Waals surface area (Å²) < 4.78 is 90.8. The van der Waals surface area contributed by atoms with Crippen molar-refractivity contribution in [3.8, 4) is 5.75 Å². The molecule has 0 amide bonds. The second kappa shape index (κ2) is 6.62. The van der Waals surface area contributed by atoms with Gasteiger partial charge in [-0.15, -0.1) is 0 Å². The van der Waals surface area contributed by atoms with E-state index in [1.807, 2.05) is 41.5 Å². The summed E-state index contributed by atoms with van der Waals surface area (Å²) in [4.78, 5) is 0. The molecule has 0 aromatic heterocycles. The summed E-state index contributed by atoms with van der Waals surface area (Å²) in [5.74, 6) is -12.5. The van der Waals surface area contributed by atoms with Crippen LogP contribution < -0.4 is 4.43 Å². The average molecular weight is 396 g/mol. The standard InChI is InChI=1S/C18H22F6OSi/c1-8(2)26(9(3)4,10(5)6)25-17-13-12(11(19)7-18(13,23)24)14(20)15(21)16(17)22/h7-10H,1-6H3. The quantitative estimate of drug-likeness (QED) is 0.294. The van der Waals surface area contributed by atoms with Crippen LogP contribution >= 0.6 is 0 Å². The number of fused-ring (bicyclic) bond motifs is 1. The SMILES string of the molecule is CC(C)[Si](Oc1c(F)c(F)c(F)c2c1C(F)(F)C=C2F)(C(C)C)C(C)C. The van der Waals surface area contributed by atoms with E-state index in [1.165, 1.54) is 0 Å². The minimum Gasteiger partial charge on any atom is -0.540 e. The summed E-state index contributed by atoms with van der Waals surface area (Å²) in [5, 5.41) is 0. The highest BCUT2D eigenvalue weighted by atomic mass is 28.4. The number of allylic oxidation sites excluding steroid dienone is 1. The van der Waals surface area contributed by atoms with E-state index in [9.17, 15) is 26.3 Å². The van der Waals surface area contributed by atoms with Crippen LogP contribution in [0, 0.1) is 17.5 Å². The lowest BCUT2D eigenvalue weighted by atomic mass is 10.0. The largest absolute Gasteiger partial charge is 0.540 e. The van der Waals surface area contributed by atoms with E-state index in [4.69, 9.17) is 4.43 Å². The van der Waals surface area contributed by atoms with Crippen LogP contribution in [-0.4, -0.2) is 8.32 Å². The smallest absolute Gasteiger partial charge is 0.299 e. The Labute approximate surface area is 150 Å².